The van der Waals surface area contributed by atoms with Gasteiger partial charge in [0, 0.05) is 28.0 Å². The maximum atomic E-state index is 5.00. The third kappa shape index (κ3) is 9.27. The molecule has 0 aliphatic carbocycles. The van der Waals surface area contributed by atoms with E-state index < -0.39 is 0 Å². The van der Waals surface area contributed by atoms with Gasteiger partial charge in [0.2, 0.25) is 0 Å². The lowest BCUT2D eigenvalue weighted by Crippen LogP contribution is -2.03. The van der Waals surface area contributed by atoms with Gasteiger partial charge in [-0.25, -0.2) is 9.97 Å². The van der Waals surface area contributed by atoms with Gasteiger partial charge in [-0.05, 0) is 79.3 Å². The number of fused-ring (bicyclic) bond motifs is 1. The summed E-state index contributed by atoms with van der Waals surface area (Å²) in [6.07, 6.45) is 9.56. The molecule has 1 heterocycles. The quantitative estimate of drug-likeness (QED) is 0.0989. The summed E-state index contributed by atoms with van der Waals surface area (Å²) >= 11 is 0. The molecule has 3 nitrogen and oxygen atoms in total. The van der Waals surface area contributed by atoms with Gasteiger partial charge in [0.05, 0.1) is 17.1 Å². The van der Waals surface area contributed by atoms with E-state index in [0.717, 1.165) is 89.2 Å². The first-order valence-electron chi connectivity index (χ1n) is 18.4. The van der Waals surface area contributed by atoms with Gasteiger partial charge in [-0.2, -0.15) is 0 Å². The number of aromatic nitrogens is 2. The fraction of sp³-hybridized carbons (Fsp3) is 0.0962. The fourth-order valence-corrected chi connectivity index (χ4v) is 6.41. The summed E-state index contributed by atoms with van der Waals surface area (Å²) in [5.74, 6) is 0.716. The maximum absolute atomic E-state index is 5.00. The van der Waals surface area contributed by atoms with E-state index in [1.165, 1.54) is 5.57 Å². The monoisotopic (exact) mass is 715 g/mol. The van der Waals surface area contributed by atoms with Crippen molar-refractivity contribution in [2.75, 3.05) is 0 Å². The Kier molecular flexibility index (Phi) is 13.2. The highest BCUT2D eigenvalue weighted by Crippen LogP contribution is 2.33. The predicted molar refractivity (Wildman–Crippen MR) is 242 cm³/mol. The van der Waals surface area contributed by atoms with Gasteiger partial charge in [0.25, 0.3) is 0 Å². The second-order valence-corrected chi connectivity index (χ2v) is 13.5. The first-order valence-corrected chi connectivity index (χ1v) is 18.4. The second kappa shape index (κ2) is 18.4. The van der Waals surface area contributed by atoms with Crippen LogP contribution in [-0.4, -0.2) is 15.7 Å². The average molecular weight is 716 g/mol. The molecule has 3 heteroatoms. The molecule has 0 aliphatic heterocycles. The van der Waals surface area contributed by atoms with Crippen LogP contribution in [0.15, 0.2) is 177 Å². The molecule has 272 valence electrons. The number of hydrogen-bond donors (Lipinski definition) is 0. The SMILES string of the molecule is C=C/C=C\C(=C(C)C)c1nc(-c2ccc(C(=C)C)cc2)nc(-c2ccccc2)c1C.C=Cc1cc(C(C)=NC(=C)c2ccccc2)c2ccccc2c1C=C. The molecule has 0 atom stereocenters. The van der Waals surface area contributed by atoms with E-state index in [1.54, 1.807) is 6.08 Å². The van der Waals surface area contributed by atoms with Gasteiger partial charge < -0.3 is 0 Å². The first-order chi connectivity index (χ1) is 26.6. The van der Waals surface area contributed by atoms with Crippen LogP contribution in [0.1, 0.15) is 66.8 Å². The summed E-state index contributed by atoms with van der Waals surface area (Å²) in [6.45, 7) is 30.2. The number of nitrogens with zero attached hydrogens (tertiary/aromatic N) is 3. The van der Waals surface area contributed by atoms with Crippen LogP contribution in [0.3, 0.4) is 0 Å². The molecule has 55 heavy (non-hydrogen) atoms. The standard InChI is InChI=1S/C28H28N2.C24H21N/c1-7-8-14-25(20(4)5)27-21(6)26(23-12-10-9-11-13-23)29-28(30-27)24-17-15-22(16-18-24)19(2)3;1-5-19-16-24(23-15-11-10-14-22(23)21(19)6-2)18(4)25-17(3)20-12-8-7-9-13-20/h7-18H,1-2H2,3-6H3;5-16H,1-3H2,4H3/b14-8-;. The first kappa shape index (κ1) is 39.5. The van der Waals surface area contributed by atoms with Crippen molar-refractivity contribution in [3.8, 4) is 22.6 Å². The highest BCUT2D eigenvalue weighted by molar-refractivity contribution is 6.13. The van der Waals surface area contributed by atoms with Crippen molar-refractivity contribution in [1.82, 2.24) is 9.97 Å². The van der Waals surface area contributed by atoms with Crippen molar-refractivity contribution >= 4 is 45.5 Å². The Hall–Kier alpha value is -6.71. The van der Waals surface area contributed by atoms with Crippen molar-refractivity contribution in [2.45, 2.75) is 34.6 Å². The summed E-state index contributed by atoms with van der Waals surface area (Å²) in [5, 5.41) is 2.31. The van der Waals surface area contributed by atoms with Gasteiger partial charge in [-0.15, -0.1) is 0 Å². The van der Waals surface area contributed by atoms with E-state index in [4.69, 9.17) is 15.0 Å². The Labute approximate surface area is 327 Å². The van der Waals surface area contributed by atoms with Gasteiger partial charge in [-0.3, -0.25) is 4.99 Å². The fourth-order valence-electron chi connectivity index (χ4n) is 6.41. The van der Waals surface area contributed by atoms with E-state index in [1.807, 2.05) is 92.7 Å². The Morgan fingerprint density at radius 2 is 1.27 bits per heavy atom. The number of aliphatic imine (C=N–C) groups is 1. The third-order valence-electron chi connectivity index (χ3n) is 9.36. The van der Waals surface area contributed by atoms with Crippen LogP contribution >= 0.6 is 0 Å². The molecular weight excluding hydrogens is 667 g/mol. The molecule has 5 aromatic carbocycles. The molecular formula is C52H49N3. The van der Waals surface area contributed by atoms with Crippen LogP contribution < -0.4 is 0 Å². The zero-order chi connectivity index (χ0) is 39.5. The highest BCUT2D eigenvalue weighted by Gasteiger charge is 2.17. The molecule has 0 aliphatic rings. The predicted octanol–water partition coefficient (Wildman–Crippen LogP) is 14.3. The zero-order valence-electron chi connectivity index (χ0n) is 32.7. The summed E-state index contributed by atoms with van der Waals surface area (Å²) < 4.78 is 0. The summed E-state index contributed by atoms with van der Waals surface area (Å²) in [7, 11) is 0. The molecule has 0 saturated heterocycles. The Morgan fingerprint density at radius 1 is 0.655 bits per heavy atom. The Balaban J connectivity index is 0.000000214. The smallest absolute Gasteiger partial charge is 0.160 e. The van der Waals surface area contributed by atoms with Crippen molar-refractivity contribution < 1.29 is 0 Å². The Bertz CT molecular complexity index is 2470. The van der Waals surface area contributed by atoms with Crippen LogP contribution in [0, 0.1) is 6.92 Å². The summed E-state index contributed by atoms with van der Waals surface area (Å²) in [6, 6.07) is 39.0. The van der Waals surface area contributed by atoms with Crippen LogP contribution in [0.4, 0.5) is 0 Å². The van der Waals surface area contributed by atoms with Crippen LogP contribution in [0.5, 0.6) is 0 Å². The lowest BCUT2D eigenvalue weighted by Gasteiger charge is -2.15. The third-order valence-corrected chi connectivity index (χ3v) is 9.36. The molecule has 1 aromatic heterocycles. The molecule has 0 amide bonds. The molecule has 0 bridgehead atoms. The number of benzene rings is 5. The highest BCUT2D eigenvalue weighted by atomic mass is 14.9. The number of rotatable bonds is 11. The van der Waals surface area contributed by atoms with E-state index in [0.29, 0.717) is 5.82 Å². The minimum Gasteiger partial charge on any atom is -0.253 e. The van der Waals surface area contributed by atoms with Crippen LogP contribution in [0.2, 0.25) is 0 Å². The largest absolute Gasteiger partial charge is 0.253 e. The molecule has 0 unspecified atom stereocenters. The van der Waals surface area contributed by atoms with Gasteiger partial charge in [0.15, 0.2) is 5.82 Å². The molecule has 0 saturated carbocycles. The van der Waals surface area contributed by atoms with Crippen molar-refractivity contribution in [2.24, 2.45) is 4.99 Å². The van der Waals surface area contributed by atoms with Gasteiger partial charge >= 0.3 is 0 Å². The lowest BCUT2D eigenvalue weighted by atomic mass is 9.92. The lowest BCUT2D eigenvalue weighted by molar-refractivity contribution is 1.11. The van der Waals surface area contributed by atoms with Crippen molar-refractivity contribution in [1.29, 1.82) is 0 Å². The minimum absolute atomic E-state index is 0.716. The molecule has 0 fully saturated rings. The van der Waals surface area contributed by atoms with Crippen LogP contribution in [-0.2, 0) is 0 Å². The molecule has 0 radical (unpaired) electrons. The number of allylic oxidation sites excluding steroid dienone is 6. The zero-order valence-corrected chi connectivity index (χ0v) is 32.7. The molecule has 6 rings (SSSR count). The molecule has 6 aromatic rings. The molecule has 0 N–H and O–H groups in total. The van der Waals surface area contributed by atoms with E-state index in [2.05, 4.69) is 114 Å². The summed E-state index contributed by atoms with van der Waals surface area (Å²) in [4.78, 5) is 14.7. The van der Waals surface area contributed by atoms with Crippen LogP contribution in [0.25, 0.3) is 62.4 Å². The van der Waals surface area contributed by atoms with Gasteiger partial charge in [0.1, 0.15) is 0 Å². The Morgan fingerprint density at radius 3 is 1.85 bits per heavy atom. The van der Waals surface area contributed by atoms with Crippen molar-refractivity contribution in [3.63, 3.8) is 0 Å². The van der Waals surface area contributed by atoms with Crippen molar-refractivity contribution in [3.05, 3.63) is 211 Å². The van der Waals surface area contributed by atoms with E-state index in [9.17, 15) is 0 Å². The van der Waals surface area contributed by atoms with E-state index >= 15 is 0 Å². The topological polar surface area (TPSA) is 38.1 Å². The van der Waals surface area contributed by atoms with E-state index in [-0.39, 0.29) is 0 Å². The minimum atomic E-state index is 0.716. The normalized spacial score (nSPS) is 11.0. The molecule has 0 spiro atoms. The summed E-state index contributed by atoms with van der Waals surface area (Å²) in [5.41, 5.74) is 15.4. The van der Waals surface area contributed by atoms with Gasteiger partial charge in [-0.1, -0.05) is 184 Å². The second-order valence-electron chi connectivity index (χ2n) is 13.5. The average Bonchev–Trinajstić information content (AvgIpc) is 3.21. The number of hydrogen-bond acceptors (Lipinski definition) is 3. The maximum Gasteiger partial charge on any atom is 0.160 e.